The molecule has 206 valence electrons. The van der Waals surface area contributed by atoms with Gasteiger partial charge in [0, 0.05) is 31.6 Å². The Morgan fingerprint density at radius 1 is 1.10 bits per heavy atom. The molecule has 3 heterocycles. The summed E-state index contributed by atoms with van der Waals surface area (Å²) in [7, 11) is -3.30. The average Bonchev–Trinajstić information content (AvgIpc) is 3.39. The summed E-state index contributed by atoms with van der Waals surface area (Å²) in [5.74, 6) is -1.000. The Morgan fingerprint density at radius 2 is 1.82 bits per heavy atom. The molecule has 2 aromatic carbocycles. The van der Waals surface area contributed by atoms with Crippen molar-refractivity contribution < 1.29 is 27.6 Å². The third-order valence-electron chi connectivity index (χ3n) is 7.41. The first-order valence-corrected chi connectivity index (χ1v) is 14.5. The maximum absolute atomic E-state index is 13.2. The second kappa shape index (κ2) is 9.99. The van der Waals surface area contributed by atoms with Gasteiger partial charge in [-0.3, -0.25) is 19.7 Å². The zero-order chi connectivity index (χ0) is 27.9. The Bertz CT molecular complexity index is 1440. The number of carbonyl (C=O) groups is 4. The van der Waals surface area contributed by atoms with Crippen molar-refractivity contribution in [1.29, 1.82) is 0 Å². The summed E-state index contributed by atoms with van der Waals surface area (Å²) in [4.78, 5) is 54.5. The average molecular weight is 554 g/mol. The summed E-state index contributed by atoms with van der Waals surface area (Å²) in [6, 6.07) is 12.4. The van der Waals surface area contributed by atoms with Gasteiger partial charge in [0.25, 0.3) is 11.8 Å². The predicted molar refractivity (Wildman–Crippen MR) is 143 cm³/mol. The van der Waals surface area contributed by atoms with Gasteiger partial charge in [0.2, 0.25) is 5.91 Å². The van der Waals surface area contributed by atoms with Crippen LogP contribution in [0.4, 0.5) is 10.5 Å². The Morgan fingerprint density at radius 3 is 2.49 bits per heavy atom. The topological polar surface area (TPSA) is 145 Å². The molecule has 3 aliphatic heterocycles. The highest BCUT2D eigenvalue weighted by molar-refractivity contribution is 7.91. The molecular weight excluding hydrogens is 522 g/mol. The number of hydrogen-bond acceptors (Lipinski definition) is 7. The fraction of sp³-hybridized carbons (Fsp3) is 0.407. The number of rotatable bonds is 6. The van der Waals surface area contributed by atoms with Crippen molar-refractivity contribution >= 4 is 39.3 Å². The van der Waals surface area contributed by atoms with Crippen molar-refractivity contribution in [1.82, 2.24) is 20.9 Å². The van der Waals surface area contributed by atoms with Gasteiger partial charge < -0.3 is 20.4 Å². The lowest BCUT2D eigenvalue weighted by Gasteiger charge is -2.31. The van der Waals surface area contributed by atoms with E-state index in [2.05, 4.69) is 16.0 Å². The number of benzene rings is 2. The van der Waals surface area contributed by atoms with Gasteiger partial charge in [-0.05, 0) is 35.7 Å². The second-order valence-corrected chi connectivity index (χ2v) is 12.8. The summed E-state index contributed by atoms with van der Waals surface area (Å²) < 4.78 is 24.9. The minimum absolute atomic E-state index is 0.0208. The number of nitrogens with zero attached hydrogens (tertiary/aromatic N) is 2. The zero-order valence-corrected chi connectivity index (χ0v) is 22.6. The van der Waals surface area contributed by atoms with Crippen LogP contribution in [0.15, 0.2) is 53.4 Å². The number of likely N-dealkylation sites (tertiary alicyclic amines) is 1. The highest BCUT2D eigenvalue weighted by atomic mass is 32.2. The van der Waals surface area contributed by atoms with Gasteiger partial charge in [0.15, 0.2) is 15.4 Å². The maximum atomic E-state index is 13.2. The number of hydrogen-bond donors (Lipinski definition) is 3. The first kappa shape index (κ1) is 26.7. The largest absolute Gasteiger partial charge is 0.365 e. The van der Waals surface area contributed by atoms with Crippen LogP contribution in [0.5, 0.6) is 0 Å². The molecule has 2 atom stereocenters. The van der Waals surface area contributed by atoms with Crippen LogP contribution >= 0.6 is 0 Å². The maximum Gasteiger partial charge on any atom is 0.322 e. The Kier molecular flexibility index (Phi) is 6.83. The molecule has 0 aromatic heterocycles. The number of nitrogens with one attached hydrogen (secondary N) is 3. The fourth-order valence-corrected chi connectivity index (χ4v) is 6.86. The molecular formula is C27H31N5O6S. The zero-order valence-electron chi connectivity index (χ0n) is 21.8. The quantitative estimate of drug-likeness (QED) is 0.454. The predicted octanol–water partition coefficient (Wildman–Crippen LogP) is 1.05. The molecule has 5 amide bonds. The van der Waals surface area contributed by atoms with Gasteiger partial charge in [0.1, 0.15) is 0 Å². The van der Waals surface area contributed by atoms with E-state index in [1.54, 1.807) is 48.5 Å². The van der Waals surface area contributed by atoms with Crippen molar-refractivity contribution in [3.63, 3.8) is 0 Å². The van der Waals surface area contributed by atoms with E-state index in [9.17, 15) is 27.6 Å². The molecule has 39 heavy (non-hydrogen) atoms. The normalized spacial score (nSPS) is 23.5. The van der Waals surface area contributed by atoms with Gasteiger partial charge in [-0.1, -0.05) is 38.1 Å². The molecule has 2 fully saturated rings. The van der Waals surface area contributed by atoms with Crippen LogP contribution < -0.4 is 20.9 Å². The Hall–Kier alpha value is -3.93. The van der Waals surface area contributed by atoms with Gasteiger partial charge in [0.05, 0.1) is 28.9 Å². The summed E-state index contributed by atoms with van der Waals surface area (Å²) in [6.45, 7) is 4.75. The fourth-order valence-electron chi connectivity index (χ4n) is 5.38. The molecule has 0 bridgehead atoms. The molecule has 2 aromatic rings. The van der Waals surface area contributed by atoms with E-state index < -0.39 is 39.3 Å². The number of urea groups is 1. The molecule has 1 spiro atoms. The SMILES string of the molecule is CC(C)CC(=O)N1CC(NC(=O)c2ccc(CN3CCS(=O)(=O)c4ccccc43)cc2)C2(C1)NC(=O)NC2=O. The lowest BCUT2D eigenvalue weighted by Crippen LogP contribution is -2.62. The molecule has 0 radical (unpaired) electrons. The molecule has 0 saturated carbocycles. The molecule has 3 N–H and O–H groups in total. The van der Waals surface area contributed by atoms with E-state index in [0.29, 0.717) is 35.7 Å². The van der Waals surface area contributed by atoms with Gasteiger partial charge in [-0.2, -0.15) is 0 Å². The Labute approximate surface area is 226 Å². The lowest BCUT2D eigenvalue weighted by atomic mass is 9.93. The van der Waals surface area contributed by atoms with E-state index in [0.717, 1.165) is 5.56 Å². The molecule has 0 aliphatic carbocycles. The van der Waals surface area contributed by atoms with Crippen molar-refractivity contribution in [2.75, 3.05) is 30.3 Å². The van der Waals surface area contributed by atoms with Crippen molar-refractivity contribution in [3.8, 4) is 0 Å². The summed E-state index contributed by atoms with van der Waals surface area (Å²) >= 11 is 0. The first-order valence-electron chi connectivity index (χ1n) is 12.9. The number of para-hydroxylation sites is 1. The minimum atomic E-state index is -3.30. The number of carbonyl (C=O) groups excluding carboxylic acids is 4. The minimum Gasteiger partial charge on any atom is -0.365 e. The smallest absolute Gasteiger partial charge is 0.322 e. The summed E-state index contributed by atoms with van der Waals surface area (Å²) in [5, 5.41) is 7.72. The van der Waals surface area contributed by atoms with Crippen LogP contribution in [0, 0.1) is 5.92 Å². The number of fused-ring (bicyclic) bond motifs is 1. The van der Waals surface area contributed by atoms with Crippen LogP contribution in [0.1, 0.15) is 36.2 Å². The van der Waals surface area contributed by atoms with Crippen molar-refractivity contribution in [2.24, 2.45) is 5.92 Å². The van der Waals surface area contributed by atoms with E-state index in [1.165, 1.54) is 4.90 Å². The molecule has 3 aliphatic rings. The molecule has 11 nitrogen and oxygen atoms in total. The van der Waals surface area contributed by atoms with Gasteiger partial charge in [-0.25, -0.2) is 13.2 Å². The highest BCUT2D eigenvalue weighted by Gasteiger charge is 2.58. The van der Waals surface area contributed by atoms with Crippen LogP contribution in [0.2, 0.25) is 0 Å². The molecule has 12 heteroatoms. The van der Waals surface area contributed by atoms with Crippen LogP contribution in [-0.4, -0.2) is 74.0 Å². The van der Waals surface area contributed by atoms with Gasteiger partial charge in [-0.15, -0.1) is 0 Å². The third kappa shape index (κ3) is 5.08. The van der Waals surface area contributed by atoms with Gasteiger partial charge >= 0.3 is 6.03 Å². The molecule has 5 rings (SSSR count). The van der Waals surface area contributed by atoms with Crippen LogP contribution in [-0.2, 0) is 26.0 Å². The third-order valence-corrected chi connectivity index (χ3v) is 9.14. The molecule has 2 saturated heterocycles. The van der Waals surface area contributed by atoms with E-state index in [4.69, 9.17) is 0 Å². The summed E-state index contributed by atoms with van der Waals surface area (Å²) in [6.07, 6.45) is 0.293. The first-order chi connectivity index (χ1) is 18.5. The highest BCUT2D eigenvalue weighted by Crippen LogP contribution is 2.31. The number of imide groups is 1. The monoisotopic (exact) mass is 553 g/mol. The Balaban J connectivity index is 1.30. The van der Waals surface area contributed by atoms with E-state index in [1.807, 2.05) is 18.7 Å². The molecule has 2 unspecified atom stereocenters. The number of anilines is 1. The second-order valence-electron chi connectivity index (χ2n) is 10.7. The number of amides is 5. The van der Waals surface area contributed by atoms with Crippen molar-refractivity contribution in [2.45, 2.75) is 43.3 Å². The van der Waals surface area contributed by atoms with Crippen LogP contribution in [0.25, 0.3) is 0 Å². The standard InChI is InChI=1S/C27H31N5O6S/c1-17(2)13-23(33)32-15-22(27(16-32)25(35)29-26(36)30-27)28-24(34)19-9-7-18(8-10-19)14-31-11-12-39(37,38)21-6-4-3-5-20(21)31/h3-10,17,22H,11-16H2,1-2H3,(H,28,34)(H2,29,30,35,36). The lowest BCUT2D eigenvalue weighted by molar-refractivity contribution is -0.131. The number of sulfone groups is 1. The van der Waals surface area contributed by atoms with Crippen molar-refractivity contribution in [3.05, 3.63) is 59.7 Å². The van der Waals surface area contributed by atoms with E-state index in [-0.39, 0.29) is 30.7 Å². The summed E-state index contributed by atoms with van der Waals surface area (Å²) in [5.41, 5.74) is 0.477. The van der Waals surface area contributed by atoms with Crippen LogP contribution in [0.3, 0.4) is 0 Å². The van der Waals surface area contributed by atoms with E-state index >= 15 is 0 Å².